The second kappa shape index (κ2) is 13.8. The fourth-order valence-corrected chi connectivity index (χ4v) is 10.8. The normalized spacial score (nSPS) is 12.3. The molecule has 0 atom stereocenters. The van der Waals surface area contributed by atoms with Crippen LogP contribution >= 0.6 is 0 Å². The van der Waals surface area contributed by atoms with Crippen LogP contribution in [0.3, 0.4) is 0 Å². The van der Waals surface area contributed by atoms with Crippen LogP contribution in [0.4, 0.5) is 34.1 Å². The minimum atomic E-state index is -0.0837. The summed E-state index contributed by atoms with van der Waals surface area (Å²) in [6.45, 7) is 6.97. The van der Waals surface area contributed by atoms with Gasteiger partial charge in [0.1, 0.15) is 0 Å². The molecule has 13 rings (SSSR count). The summed E-state index contributed by atoms with van der Waals surface area (Å²) in [7, 11) is 0. The minimum Gasteiger partial charge on any atom is -0.309 e. The molecule has 0 saturated heterocycles. The van der Waals surface area contributed by atoms with Crippen molar-refractivity contribution in [1.82, 2.24) is 0 Å². The number of para-hydroxylation sites is 2. The Bertz CT molecular complexity index is 3810. The molecule has 0 N–H and O–H groups in total. The molecule has 0 aromatic heterocycles. The fraction of sp³-hybridized carbons (Fsp3) is 0.0645. The van der Waals surface area contributed by atoms with Crippen molar-refractivity contribution in [3.63, 3.8) is 0 Å². The van der Waals surface area contributed by atoms with Crippen LogP contribution in [-0.2, 0) is 5.41 Å². The summed E-state index contributed by atoms with van der Waals surface area (Å²) in [5.74, 6) is 0. The van der Waals surface area contributed by atoms with Crippen LogP contribution in [0.15, 0.2) is 212 Å². The predicted molar refractivity (Wildman–Crippen MR) is 277 cm³/mol. The average Bonchev–Trinajstić information content (AvgIpc) is 3.33. The third-order valence-corrected chi connectivity index (χ3v) is 13.7. The lowest BCUT2D eigenvalue weighted by Gasteiger charge is -2.34. The van der Waals surface area contributed by atoms with E-state index in [9.17, 15) is 0 Å². The molecule has 302 valence electrons. The number of anilines is 6. The van der Waals surface area contributed by atoms with Crippen molar-refractivity contribution in [3.05, 3.63) is 218 Å². The topological polar surface area (TPSA) is 6.48 Å². The van der Waals surface area contributed by atoms with Gasteiger partial charge in [0.05, 0.1) is 11.4 Å². The maximum absolute atomic E-state index is 2.52. The second-order valence-electron chi connectivity index (χ2n) is 18.5. The van der Waals surface area contributed by atoms with E-state index in [0.29, 0.717) is 0 Å². The zero-order chi connectivity index (χ0) is 42.7. The van der Waals surface area contributed by atoms with E-state index in [1.807, 2.05) is 0 Å². The molecule has 0 saturated carbocycles. The number of fused-ring (bicyclic) bond motifs is 2. The van der Waals surface area contributed by atoms with Gasteiger partial charge in [0.25, 0.3) is 0 Å². The molecule has 0 amide bonds. The number of hydrogen-bond acceptors (Lipinski definition) is 2. The predicted octanol–water partition coefficient (Wildman–Crippen LogP) is 18.0. The van der Waals surface area contributed by atoms with Crippen molar-refractivity contribution in [2.45, 2.75) is 26.2 Å². The quantitative estimate of drug-likeness (QED) is 0.0937. The summed E-state index contributed by atoms with van der Waals surface area (Å²) >= 11 is 0. The lowest BCUT2D eigenvalue weighted by atomic mass is 9.84. The molecule has 0 aliphatic rings. The highest BCUT2D eigenvalue weighted by Gasteiger charge is 2.28. The van der Waals surface area contributed by atoms with Crippen LogP contribution in [-0.4, -0.2) is 0 Å². The van der Waals surface area contributed by atoms with Gasteiger partial charge in [0, 0.05) is 44.3 Å². The summed E-state index contributed by atoms with van der Waals surface area (Å²) in [6.07, 6.45) is 0. The summed E-state index contributed by atoms with van der Waals surface area (Å²) < 4.78 is 0. The maximum Gasteiger partial charge on any atom is 0.0620 e. The highest BCUT2D eigenvalue weighted by molar-refractivity contribution is 6.28. The number of rotatable bonds is 6. The van der Waals surface area contributed by atoms with Crippen molar-refractivity contribution in [2.24, 2.45) is 0 Å². The first-order valence-corrected chi connectivity index (χ1v) is 22.4. The van der Waals surface area contributed by atoms with E-state index in [2.05, 4.69) is 243 Å². The van der Waals surface area contributed by atoms with E-state index >= 15 is 0 Å². The van der Waals surface area contributed by atoms with Gasteiger partial charge in [-0.25, -0.2) is 0 Å². The van der Waals surface area contributed by atoms with Crippen molar-refractivity contribution in [1.29, 1.82) is 0 Å². The molecule has 13 aromatic carbocycles. The fourth-order valence-electron chi connectivity index (χ4n) is 10.8. The van der Waals surface area contributed by atoms with Gasteiger partial charge >= 0.3 is 0 Å². The number of benzene rings is 13. The first-order chi connectivity index (χ1) is 31.4. The van der Waals surface area contributed by atoms with E-state index in [-0.39, 0.29) is 5.41 Å². The summed E-state index contributed by atoms with van der Waals surface area (Å²) in [5.41, 5.74) is 8.02. The largest absolute Gasteiger partial charge is 0.309 e. The SMILES string of the molecule is CC(C)(C)c1ccc2c(N(c3ccccc3)c3cc4ccc5cccc6ccc(c3)c4c56)c3ccccc3c(N(c3ccccc3)c3cc4ccc5cccc6ccc(c3)c4c56)c2c1. The molecule has 0 bridgehead atoms. The molecule has 0 fully saturated rings. The number of nitrogens with zero attached hydrogens (tertiary/aromatic N) is 2. The average molecular weight is 817 g/mol. The van der Waals surface area contributed by atoms with E-state index < -0.39 is 0 Å². The van der Waals surface area contributed by atoms with E-state index in [1.165, 1.54) is 97.4 Å². The third kappa shape index (κ3) is 5.52. The maximum atomic E-state index is 2.52. The first kappa shape index (κ1) is 36.7. The lowest BCUT2D eigenvalue weighted by molar-refractivity contribution is 0.591. The molecular weight excluding hydrogens is 773 g/mol. The van der Waals surface area contributed by atoms with Gasteiger partial charge in [-0.2, -0.15) is 0 Å². The molecule has 64 heavy (non-hydrogen) atoms. The smallest absolute Gasteiger partial charge is 0.0620 e. The Balaban J connectivity index is 1.15. The van der Waals surface area contributed by atoms with Crippen molar-refractivity contribution < 1.29 is 0 Å². The Hall–Kier alpha value is -7.94. The summed E-state index contributed by atoms with van der Waals surface area (Å²) in [6, 6.07) is 79.4. The van der Waals surface area contributed by atoms with Crippen molar-refractivity contribution in [3.8, 4) is 0 Å². The summed E-state index contributed by atoms with van der Waals surface area (Å²) in [5, 5.41) is 20.1. The number of hydrogen-bond donors (Lipinski definition) is 0. The van der Waals surface area contributed by atoms with Gasteiger partial charge in [-0.1, -0.05) is 178 Å². The van der Waals surface area contributed by atoms with Crippen LogP contribution < -0.4 is 9.80 Å². The molecular formula is C62H44N2. The Morgan fingerprint density at radius 3 is 1.02 bits per heavy atom. The molecule has 13 aromatic rings. The van der Waals surface area contributed by atoms with Crippen molar-refractivity contribution in [2.75, 3.05) is 9.80 Å². The second-order valence-corrected chi connectivity index (χ2v) is 18.5. The van der Waals surface area contributed by atoms with Gasteiger partial charge < -0.3 is 9.80 Å². The van der Waals surface area contributed by atoms with Gasteiger partial charge in [-0.15, -0.1) is 0 Å². The van der Waals surface area contributed by atoms with Crippen molar-refractivity contribution >= 4 is 120 Å². The molecule has 2 heteroatoms. The van der Waals surface area contributed by atoms with E-state index in [1.54, 1.807) is 0 Å². The zero-order valence-electron chi connectivity index (χ0n) is 36.1. The van der Waals surface area contributed by atoms with Crippen LogP contribution in [0.25, 0.3) is 86.2 Å². The standard InChI is InChI=1S/C62H44N2/c1-62(2,3)47-32-33-54-55(38-47)61(64(49-20-8-5-9-21-49)51-36-45-30-26-41-16-13-17-42-27-31-46(37-51)59(45)57(41)42)53-23-11-10-22-52(53)60(54)63(48-18-6-4-7-19-48)50-34-43-28-24-39-14-12-15-40-25-29-44(35-50)58(43)56(39)40/h4-38H,1-3H3. The first-order valence-electron chi connectivity index (χ1n) is 22.4. The van der Waals surface area contributed by atoms with Gasteiger partial charge in [0.2, 0.25) is 0 Å². The van der Waals surface area contributed by atoms with E-state index in [0.717, 1.165) is 28.4 Å². The van der Waals surface area contributed by atoms with Crippen LogP contribution in [0, 0.1) is 0 Å². The molecule has 0 aliphatic carbocycles. The van der Waals surface area contributed by atoms with Crippen LogP contribution in [0.5, 0.6) is 0 Å². The Labute approximate surface area is 372 Å². The molecule has 0 unspecified atom stereocenters. The highest BCUT2D eigenvalue weighted by Crippen LogP contribution is 2.53. The summed E-state index contributed by atoms with van der Waals surface area (Å²) in [4.78, 5) is 5.04. The van der Waals surface area contributed by atoms with Crippen LogP contribution in [0.1, 0.15) is 26.3 Å². The highest BCUT2D eigenvalue weighted by atomic mass is 15.2. The van der Waals surface area contributed by atoms with Crippen LogP contribution in [0.2, 0.25) is 0 Å². The lowest BCUT2D eigenvalue weighted by Crippen LogP contribution is -2.16. The minimum absolute atomic E-state index is 0.0837. The molecule has 0 radical (unpaired) electrons. The molecule has 0 aliphatic heterocycles. The van der Waals surface area contributed by atoms with Gasteiger partial charge in [-0.3, -0.25) is 0 Å². The molecule has 0 spiro atoms. The van der Waals surface area contributed by atoms with E-state index in [4.69, 9.17) is 0 Å². The third-order valence-electron chi connectivity index (χ3n) is 13.7. The molecule has 2 nitrogen and oxygen atoms in total. The Morgan fingerprint density at radius 2 is 0.609 bits per heavy atom. The monoisotopic (exact) mass is 816 g/mol. The molecule has 0 heterocycles. The Kier molecular flexibility index (Phi) is 7.90. The Morgan fingerprint density at radius 1 is 0.266 bits per heavy atom. The zero-order valence-corrected chi connectivity index (χ0v) is 36.1. The van der Waals surface area contributed by atoms with Gasteiger partial charge in [-0.05, 0) is 130 Å². The van der Waals surface area contributed by atoms with Gasteiger partial charge in [0.15, 0.2) is 0 Å².